The van der Waals surface area contributed by atoms with Gasteiger partial charge in [0.25, 0.3) is 0 Å². The number of hydrogen-bond acceptors (Lipinski definition) is 2. The fraction of sp³-hybridized carbons (Fsp3) is 0.455. The van der Waals surface area contributed by atoms with Crippen LogP contribution in [0.4, 0.5) is 5.69 Å². The quantitative estimate of drug-likeness (QED) is 0.641. The van der Waals surface area contributed by atoms with E-state index in [1.807, 2.05) is 13.1 Å². The summed E-state index contributed by atoms with van der Waals surface area (Å²) in [7, 11) is 2.02. The zero-order valence-electron chi connectivity index (χ0n) is 8.01. The first kappa shape index (κ1) is 8.57. The summed E-state index contributed by atoms with van der Waals surface area (Å²) in [6.07, 6.45) is 3.71. The lowest BCUT2D eigenvalue weighted by Gasteiger charge is -2.25. The molecule has 2 nitrogen and oxygen atoms in total. The Balaban J connectivity index is 2.41. The van der Waals surface area contributed by atoms with Crippen molar-refractivity contribution in [2.24, 2.45) is 0 Å². The van der Waals surface area contributed by atoms with Crippen LogP contribution in [0.25, 0.3) is 0 Å². The van der Waals surface area contributed by atoms with E-state index >= 15 is 0 Å². The molecular weight excluding hydrogens is 160 g/mol. The second-order valence-electron chi connectivity index (χ2n) is 3.69. The van der Waals surface area contributed by atoms with E-state index < -0.39 is 0 Å². The lowest BCUT2D eigenvalue weighted by molar-refractivity contribution is 0.497. The molecule has 0 bridgehead atoms. The molecule has 0 radical (unpaired) electrons. The number of nitrogen functional groups attached to an aromatic ring is 1. The number of aryl methyl sites for hydroxylation is 1. The molecule has 1 aliphatic rings. The Morgan fingerprint density at radius 1 is 1.46 bits per heavy atom. The molecule has 0 aromatic heterocycles. The van der Waals surface area contributed by atoms with Crippen LogP contribution in [0.1, 0.15) is 30.0 Å². The van der Waals surface area contributed by atoms with Gasteiger partial charge < -0.3 is 11.1 Å². The van der Waals surface area contributed by atoms with Gasteiger partial charge in [0, 0.05) is 11.7 Å². The minimum atomic E-state index is 0.507. The second kappa shape index (κ2) is 3.38. The van der Waals surface area contributed by atoms with Crippen molar-refractivity contribution in [2.75, 3.05) is 12.8 Å². The second-order valence-corrected chi connectivity index (χ2v) is 3.69. The van der Waals surface area contributed by atoms with Crippen LogP contribution in [0.5, 0.6) is 0 Å². The maximum Gasteiger partial charge on any atom is 0.0321 e. The average Bonchev–Trinajstić information content (AvgIpc) is 2.17. The van der Waals surface area contributed by atoms with E-state index in [9.17, 15) is 0 Å². The largest absolute Gasteiger partial charge is 0.399 e. The van der Waals surface area contributed by atoms with Gasteiger partial charge in [-0.1, -0.05) is 6.07 Å². The Kier molecular flexibility index (Phi) is 2.23. The van der Waals surface area contributed by atoms with Gasteiger partial charge in [0.05, 0.1) is 0 Å². The lowest BCUT2D eigenvalue weighted by atomic mass is 9.87. The first-order valence-electron chi connectivity index (χ1n) is 4.87. The molecule has 0 aliphatic heterocycles. The summed E-state index contributed by atoms with van der Waals surface area (Å²) in [5.41, 5.74) is 9.50. The fourth-order valence-corrected chi connectivity index (χ4v) is 2.12. The highest BCUT2D eigenvalue weighted by molar-refractivity contribution is 5.46. The van der Waals surface area contributed by atoms with Crippen LogP contribution in [0.3, 0.4) is 0 Å². The summed E-state index contributed by atoms with van der Waals surface area (Å²) in [5.74, 6) is 0. The summed E-state index contributed by atoms with van der Waals surface area (Å²) in [4.78, 5) is 0. The Hall–Kier alpha value is -1.02. The van der Waals surface area contributed by atoms with Crippen LogP contribution in [0.2, 0.25) is 0 Å². The van der Waals surface area contributed by atoms with Crippen molar-refractivity contribution < 1.29 is 0 Å². The van der Waals surface area contributed by atoms with Gasteiger partial charge in [-0.2, -0.15) is 0 Å². The van der Waals surface area contributed by atoms with Crippen LogP contribution < -0.4 is 11.1 Å². The van der Waals surface area contributed by atoms with Gasteiger partial charge in [-0.3, -0.25) is 0 Å². The highest BCUT2D eigenvalue weighted by Crippen LogP contribution is 2.30. The molecular formula is C11H16N2. The van der Waals surface area contributed by atoms with E-state index in [0.29, 0.717) is 6.04 Å². The van der Waals surface area contributed by atoms with E-state index in [-0.39, 0.29) is 0 Å². The van der Waals surface area contributed by atoms with E-state index in [4.69, 9.17) is 5.73 Å². The summed E-state index contributed by atoms with van der Waals surface area (Å²) in [5, 5.41) is 3.33. The van der Waals surface area contributed by atoms with E-state index in [1.54, 1.807) is 0 Å². The van der Waals surface area contributed by atoms with Crippen molar-refractivity contribution in [2.45, 2.75) is 25.3 Å². The maximum atomic E-state index is 5.77. The lowest BCUT2D eigenvalue weighted by Crippen LogP contribution is -2.21. The number of fused-ring (bicyclic) bond motifs is 1. The van der Waals surface area contributed by atoms with E-state index in [2.05, 4.69) is 17.4 Å². The van der Waals surface area contributed by atoms with Gasteiger partial charge in [-0.15, -0.1) is 0 Å². The molecule has 0 saturated heterocycles. The number of nitrogens with two attached hydrogens (primary N) is 1. The normalized spacial score (nSPS) is 21.2. The van der Waals surface area contributed by atoms with Crippen LogP contribution in [-0.4, -0.2) is 7.05 Å². The minimum Gasteiger partial charge on any atom is -0.399 e. The molecule has 1 aliphatic carbocycles. The summed E-state index contributed by atoms with van der Waals surface area (Å²) < 4.78 is 0. The number of nitrogens with one attached hydrogen (secondary N) is 1. The Morgan fingerprint density at radius 3 is 3.08 bits per heavy atom. The minimum absolute atomic E-state index is 0.507. The first-order chi connectivity index (χ1) is 6.31. The number of rotatable bonds is 1. The smallest absolute Gasteiger partial charge is 0.0321 e. The fourth-order valence-electron chi connectivity index (χ4n) is 2.12. The molecule has 1 unspecified atom stereocenters. The molecule has 0 heterocycles. The maximum absolute atomic E-state index is 5.77. The molecule has 0 saturated carbocycles. The van der Waals surface area contributed by atoms with Crippen molar-refractivity contribution in [3.8, 4) is 0 Å². The predicted molar refractivity (Wildman–Crippen MR) is 55.6 cm³/mol. The summed E-state index contributed by atoms with van der Waals surface area (Å²) in [6, 6.07) is 6.77. The van der Waals surface area contributed by atoms with Gasteiger partial charge in [0.15, 0.2) is 0 Å². The van der Waals surface area contributed by atoms with Gasteiger partial charge in [0.1, 0.15) is 0 Å². The zero-order valence-corrected chi connectivity index (χ0v) is 8.01. The molecule has 0 spiro atoms. The number of hydrogen-bond donors (Lipinski definition) is 2. The van der Waals surface area contributed by atoms with Crippen molar-refractivity contribution >= 4 is 5.69 Å². The molecule has 1 aromatic rings. The monoisotopic (exact) mass is 176 g/mol. The standard InChI is InChI=1S/C11H16N2/c1-13-11-4-2-3-8-5-6-9(12)7-10(8)11/h5-7,11,13H,2-4,12H2,1H3. The molecule has 70 valence electrons. The zero-order chi connectivity index (χ0) is 9.26. The molecule has 2 heteroatoms. The van der Waals surface area contributed by atoms with E-state index in [1.165, 1.54) is 30.4 Å². The molecule has 1 atom stereocenters. The van der Waals surface area contributed by atoms with Crippen LogP contribution in [0, 0.1) is 0 Å². The van der Waals surface area contributed by atoms with Crippen LogP contribution in [0.15, 0.2) is 18.2 Å². The molecule has 0 amide bonds. The molecule has 13 heavy (non-hydrogen) atoms. The van der Waals surface area contributed by atoms with Gasteiger partial charge in [-0.05, 0) is 49.6 Å². The van der Waals surface area contributed by atoms with Crippen LogP contribution >= 0.6 is 0 Å². The van der Waals surface area contributed by atoms with Crippen molar-refractivity contribution in [3.05, 3.63) is 29.3 Å². The van der Waals surface area contributed by atoms with Crippen molar-refractivity contribution in [1.82, 2.24) is 5.32 Å². The summed E-state index contributed by atoms with van der Waals surface area (Å²) >= 11 is 0. The van der Waals surface area contributed by atoms with Gasteiger partial charge in [0.2, 0.25) is 0 Å². The third-order valence-electron chi connectivity index (χ3n) is 2.83. The third kappa shape index (κ3) is 1.54. The van der Waals surface area contributed by atoms with Crippen molar-refractivity contribution in [3.63, 3.8) is 0 Å². The highest BCUT2D eigenvalue weighted by Gasteiger charge is 2.18. The number of benzene rings is 1. The average molecular weight is 176 g/mol. The van der Waals surface area contributed by atoms with Gasteiger partial charge >= 0.3 is 0 Å². The molecule has 2 rings (SSSR count). The molecule has 1 aromatic carbocycles. The predicted octanol–water partition coefficient (Wildman–Crippen LogP) is 1.87. The van der Waals surface area contributed by atoms with Crippen molar-refractivity contribution in [1.29, 1.82) is 0 Å². The SMILES string of the molecule is CNC1CCCc2ccc(N)cc21. The Morgan fingerprint density at radius 2 is 2.31 bits per heavy atom. The topological polar surface area (TPSA) is 38.0 Å². The summed E-state index contributed by atoms with van der Waals surface area (Å²) in [6.45, 7) is 0. The van der Waals surface area contributed by atoms with Crippen LogP contribution in [-0.2, 0) is 6.42 Å². The highest BCUT2D eigenvalue weighted by atomic mass is 14.9. The third-order valence-corrected chi connectivity index (χ3v) is 2.83. The Bertz CT molecular complexity index is 307. The number of anilines is 1. The molecule has 3 N–H and O–H groups in total. The molecule has 0 fully saturated rings. The van der Waals surface area contributed by atoms with E-state index in [0.717, 1.165) is 5.69 Å². The van der Waals surface area contributed by atoms with Gasteiger partial charge in [-0.25, -0.2) is 0 Å². The first-order valence-corrected chi connectivity index (χ1v) is 4.87. The Labute approximate surface area is 79.1 Å².